The molecule has 1 heterocycles. The van der Waals surface area contributed by atoms with E-state index in [4.69, 9.17) is 11.6 Å². The quantitative estimate of drug-likeness (QED) is 0.812. The van der Waals surface area contributed by atoms with Crippen LogP contribution < -0.4 is 0 Å². The van der Waals surface area contributed by atoms with Gasteiger partial charge < -0.3 is 0 Å². The van der Waals surface area contributed by atoms with Crippen molar-refractivity contribution in [2.45, 2.75) is 12.3 Å². The average molecular weight is 315 g/mol. The molecule has 0 saturated carbocycles. The summed E-state index contributed by atoms with van der Waals surface area (Å²) in [6.07, 6.45) is 2.38. The zero-order valence-corrected chi connectivity index (χ0v) is 11.8. The Morgan fingerprint density at radius 3 is 2.59 bits per heavy atom. The van der Waals surface area contributed by atoms with Crippen LogP contribution in [0.25, 0.3) is 0 Å². The normalized spacial score (nSPS) is 12.6. The monoisotopic (exact) mass is 313 g/mol. The number of benzene rings is 1. The Kier molecular flexibility index (Phi) is 4.18. The standard InChI is InChI=1S/C12H13BrClN3/c1-17-12(15-8-16-17)6-10(7-14)9-2-4-11(13)5-3-9/h2-5,8,10H,6-7H2,1H3. The van der Waals surface area contributed by atoms with Crippen LogP contribution in [0.15, 0.2) is 35.1 Å². The molecule has 0 fully saturated rings. The fourth-order valence-corrected chi connectivity index (χ4v) is 2.27. The van der Waals surface area contributed by atoms with Crippen LogP contribution in [0.5, 0.6) is 0 Å². The van der Waals surface area contributed by atoms with E-state index in [0.29, 0.717) is 5.88 Å². The van der Waals surface area contributed by atoms with Crippen molar-refractivity contribution in [1.82, 2.24) is 14.8 Å². The van der Waals surface area contributed by atoms with E-state index in [2.05, 4.69) is 38.1 Å². The molecule has 0 aliphatic carbocycles. The lowest BCUT2D eigenvalue weighted by atomic mass is 9.97. The van der Waals surface area contributed by atoms with Crippen LogP contribution in [0.3, 0.4) is 0 Å². The van der Waals surface area contributed by atoms with Gasteiger partial charge in [0.2, 0.25) is 0 Å². The van der Waals surface area contributed by atoms with Crippen molar-refractivity contribution in [3.63, 3.8) is 0 Å². The second-order valence-electron chi connectivity index (χ2n) is 3.91. The Morgan fingerprint density at radius 2 is 2.06 bits per heavy atom. The van der Waals surface area contributed by atoms with Crippen LogP contribution in [-0.2, 0) is 13.5 Å². The Labute approximate surface area is 114 Å². The van der Waals surface area contributed by atoms with Gasteiger partial charge in [-0.05, 0) is 17.7 Å². The molecule has 0 N–H and O–H groups in total. The molecule has 5 heteroatoms. The largest absolute Gasteiger partial charge is 0.253 e. The highest BCUT2D eigenvalue weighted by molar-refractivity contribution is 9.10. The SMILES string of the molecule is Cn1ncnc1CC(CCl)c1ccc(Br)cc1. The van der Waals surface area contributed by atoms with Crippen molar-refractivity contribution in [3.8, 4) is 0 Å². The highest BCUT2D eigenvalue weighted by Crippen LogP contribution is 2.23. The molecule has 0 aliphatic heterocycles. The van der Waals surface area contributed by atoms with E-state index in [0.717, 1.165) is 16.7 Å². The molecular formula is C12H13BrClN3. The maximum atomic E-state index is 6.04. The molecule has 2 aromatic rings. The van der Waals surface area contributed by atoms with Gasteiger partial charge in [-0.3, -0.25) is 4.68 Å². The lowest BCUT2D eigenvalue weighted by Gasteiger charge is -2.13. The maximum absolute atomic E-state index is 6.04. The highest BCUT2D eigenvalue weighted by Gasteiger charge is 2.14. The molecule has 1 atom stereocenters. The summed E-state index contributed by atoms with van der Waals surface area (Å²) < 4.78 is 2.87. The van der Waals surface area contributed by atoms with Gasteiger partial charge in [0, 0.05) is 29.7 Å². The van der Waals surface area contributed by atoms with Crippen LogP contribution in [0.2, 0.25) is 0 Å². The first kappa shape index (κ1) is 12.6. The highest BCUT2D eigenvalue weighted by atomic mass is 79.9. The van der Waals surface area contributed by atoms with Gasteiger partial charge in [0.05, 0.1) is 0 Å². The van der Waals surface area contributed by atoms with E-state index < -0.39 is 0 Å². The number of alkyl halides is 1. The van der Waals surface area contributed by atoms with Crippen LogP contribution >= 0.6 is 27.5 Å². The predicted molar refractivity (Wildman–Crippen MR) is 72.3 cm³/mol. The number of aryl methyl sites for hydroxylation is 1. The van der Waals surface area contributed by atoms with E-state index in [1.54, 1.807) is 11.0 Å². The van der Waals surface area contributed by atoms with E-state index >= 15 is 0 Å². The molecule has 0 radical (unpaired) electrons. The Bertz CT molecular complexity index is 481. The molecule has 17 heavy (non-hydrogen) atoms. The van der Waals surface area contributed by atoms with Gasteiger partial charge in [0.25, 0.3) is 0 Å². The van der Waals surface area contributed by atoms with Gasteiger partial charge in [-0.1, -0.05) is 28.1 Å². The molecule has 1 aromatic carbocycles. The summed E-state index contributed by atoms with van der Waals surface area (Å²) in [5.41, 5.74) is 1.23. The van der Waals surface area contributed by atoms with Crippen molar-refractivity contribution in [2.24, 2.45) is 7.05 Å². The zero-order valence-electron chi connectivity index (χ0n) is 9.48. The molecule has 2 rings (SSSR count). The van der Waals surface area contributed by atoms with Gasteiger partial charge in [0.1, 0.15) is 12.2 Å². The van der Waals surface area contributed by atoms with Crippen molar-refractivity contribution >= 4 is 27.5 Å². The van der Waals surface area contributed by atoms with Crippen molar-refractivity contribution in [2.75, 3.05) is 5.88 Å². The summed E-state index contributed by atoms with van der Waals surface area (Å²) >= 11 is 9.47. The average Bonchev–Trinajstić information content (AvgIpc) is 2.73. The number of hydrogen-bond donors (Lipinski definition) is 0. The van der Waals surface area contributed by atoms with Gasteiger partial charge in [-0.2, -0.15) is 5.10 Å². The Hall–Kier alpha value is -0.870. The predicted octanol–water partition coefficient (Wildman–Crippen LogP) is 3.14. The number of hydrogen-bond acceptors (Lipinski definition) is 2. The summed E-state index contributed by atoms with van der Waals surface area (Å²) in [6, 6.07) is 8.25. The summed E-state index contributed by atoms with van der Waals surface area (Å²) in [4.78, 5) is 4.23. The van der Waals surface area contributed by atoms with E-state index in [-0.39, 0.29) is 5.92 Å². The lowest BCUT2D eigenvalue weighted by molar-refractivity contribution is 0.648. The third kappa shape index (κ3) is 3.07. The zero-order chi connectivity index (χ0) is 12.3. The van der Waals surface area contributed by atoms with Crippen molar-refractivity contribution in [1.29, 1.82) is 0 Å². The third-order valence-corrected chi connectivity index (χ3v) is 3.66. The fourth-order valence-electron chi connectivity index (χ4n) is 1.72. The number of halogens is 2. The maximum Gasteiger partial charge on any atom is 0.138 e. The molecule has 0 saturated heterocycles. The Morgan fingerprint density at radius 1 is 1.35 bits per heavy atom. The van der Waals surface area contributed by atoms with E-state index in [1.807, 2.05) is 19.2 Å². The van der Waals surface area contributed by atoms with Gasteiger partial charge in [-0.25, -0.2) is 4.98 Å². The summed E-state index contributed by atoms with van der Waals surface area (Å²) in [5, 5.41) is 4.07. The first-order valence-electron chi connectivity index (χ1n) is 5.35. The minimum Gasteiger partial charge on any atom is -0.253 e. The molecule has 0 aliphatic rings. The summed E-state index contributed by atoms with van der Waals surface area (Å²) in [6.45, 7) is 0. The molecule has 1 aromatic heterocycles. The fraction of sp³-hybridized carbons (Fsp3) is 0.333. The van der Waals surface area contributed by atoms with Crippen LogP contribution in [-0.4, -0.2) is 20.6 Å². The van der Waals surface area contributed by atoms with Crippen LogP contribution in [0.4, 0.5) is 0 Å². The number of rotatable bonds is 4. The van der Waals surface area contributed by atoms with Crippen molar-refractivity contribution < 1.29 is 0 Å². The van der Waals surface area contributed by atoms with Crippen molar-refractivity contribution in [3.05, 3.63) is 46.5 Å². The van der Waals surface area contributed by atoms with Gasteiger partial charge in [-0.15, -0.1) is 11.6 Å². The second kappa shape index (κ2) is 5.65. The second-order valence-corrected chi connectivity index (χ2v) is 5.13. The molecular weight excluding hydrogens is 302 g/mol. The van der Waals surface area contributed by atoms with Gasteiger partial charge in [0.15, 0.2) is 0 Å². The molecule has 0 bridgehead atoms. The Balaban J connectivity index is 2.17. The third-order valence-electron chi connectivity index (χ3n) is 2.76. The number of nitrogens with zero attached hydrogens (tertiary/aromatic N) is 3. The molecule has 0 amide bonds. The molecule has 90 valence electrons. The van der Waals surface area contributed by atoms with Crippen LogP contribution in [0.1, 0.15) is 17.3 Å². The minimum atomic E-state index is 0.271. The lowest BCUT2D eigenvalue weighted by Crippen LogP contribution is -2.09. The van der Waals surface area contributed by atoms with Gasteiger partial charge >= 0.3 is 0 Å². The van der Waals surface area contributed by atoms with E-state index in [9.17, 15) is 0 Å². The minimum absolute atomic E-state index is 0.271. The topological polar surface area (TPSA) is 30.7 Å². The van der Waals surface area contributed by atoms with Crippen LogP contribution in [0, 0.1) is 0 Å². The summed E-state index contributed by atoms with van der Waals surface area (Å²) in [5.74, 6) is 1.81. The summed E-state index contributed by atoms with van der Waals surface area (Å²) in [7, 11) is 1.90. The number of aromatic nitrogens is 3. The first-order valence-corrected chi connectivity index (χ1v) is 6.67. The van der Waals surface area contributed by atoms with E-state index in [1.165, 1.54) is 5.56 Å². The molecule has 0 spiro atoms. The first-order chi connectivity index (χ1) is 8.20. The smallest absolute Gasteiger partial charge is 0.138 e. The molecule has 1 unspecified atom stereocenters. The molecule has 3 nitrogen and oxygen atoms in total.